The highest BCUT2D eigenvalue weighted by molar-refractivity contribution is 6.30. The third kappa shape index (κ3) is 4.98. The molecule has 0 saturated carbocycles. The number of rotatable bonds is 5. The number of hydrogen-bond donors (Lipinski definition) is 1. The summed E-state index contributed by atoms with van der Waals surface area (Å²) >= 11 is 5.96. The molecule has 3 heterocycles. The van der Waals surface area contributed by atoms with Gasteiger partial charge in [-0.2, -0.15) is 0 Å². The van der Waals surface area contributed by atoms with Gasteiger partial charge in [-0.25, -0.2) is 0 Å². The maximum Gasteiger partial charge on any atom is 0.256 e. The van der Waals surface area contributed by atoms with Gasteiger partial charge < -0.3 is 19.7 Å². The fraction of sp³-hybridized carbons (Fsp3) is 0.444. The normalized spacial score (nSPS) is 23.1. The Morgan fingerprint density at radius 2 is 1.67 bits per heavy atom. The molecule has 1 spiro atoms. The van der Waals surface area contributed by atoms with Crippen LogP contribution in [0.15, 0.2) is 54.6 Å². The van der Waals surface area contributed by atoms with Crippen LogP contribution in [0.2, 0.25) is 5.02 Å². The van der Waals surface area contributed by atoms with Crippen LogP contribution in [-0.2, 0) is 14.3 Å². The van der Waals surface area contributed by atoms with Crippen LogP contribution in [0, 0.1) is 0 Å². The number of amides is 3. The first-order valence-corrected chi connectivity index (χ1v) is 12.8. The van der Waals surface area contributed by atoms with Crippen molar-refractivity contribution in [3.63, 3.8) is 0 Å². The highest BCUT2D eigenvalue weighted by Crippen LogP contribution is 2.39. The second-order valence-corrected chi connectivity index (χ2v) is 9.93. The molecule has 0 unspecified atom stereocenters. The number of ether oxygens (including phenoxy) is 2. The summed E-state index contributed by atoms with van der Waals surface area (Å²) < 4.78 is 11.9. The van der Waals surface area contributed by atoms with Crippen LogP contribution in [0.3, 0.4) is 0 Å². The standard InChI is InChI=1S/C27H30ClN3O5/c28-21-10-8-20(9-11-21)25(33)30-14-12-27(13-15-30)31(26(34)19-5-2-1-3-6-19)23(18-36-27)24(32)29-17-22-7-4-16-35-22/h1-3,5-6,8-11,22-23H,4,7,12-18H2,(H,29,32)/t22-,23-/m0/s1. The molecule has 3 aliphatic heterocycles. The molecule has 3 fully saturated rings. The van der Waals surface area contributed by atoms with E-state index in [4.69, 9.17) is 21.1 Å². The summed E-state index contributed by atoms with van der Waals surface area (Å²) in [6, 6.07) is 15.0. The zero-order valence-corrected chi connectivity index (χ0v) is 20.8. The van der Waals surface area contributed by atoms with Gasteiger partial charge in [0, 0.05) is 55.2 Å². The first-order chi connectivity index (χ1) is 17.5. The minimum absolute atomic E-state index is 0.00521. The zero-order chi connectivity index (χ0) is 25.1. The van der Waals surface area contributed by atoms with Crippen LogP contribution in [0.1, 0.15) is 46.4 Å². The molecular formula is C27H30ClN3O5. The first-order valence-electron chi connectivity index (χ1n) is 12.4. The molecule has 190 valence electrons. The molecule has 0 bridgehead atoms. The largest absolute Gasteiger partial charge is 0.376 e. The van der Waals surface area contributed by atoms with Crippen molar-refractivity contribution >= 4 is 29.3 Å². The molecule has 1 N–H and O–H groups in total. The Balaban J connectivity index is 1.33. The van der Waals surface area contributed by atoms with Crippen molar-refractivity contribution in [2.24, 2.45) is 0 Å². The smallest absolute Gasteiger partial charge is 0.256 e. The Bertz CT molecular complexity index is 1100. The molecule has 9 heteroatoms. The van der Waals surface area contributed by atoms with Gasteiger partial charge in [0.25, 0.3) is 11.8 Å². The Morgan fingerprint density at radius 1 is 0.972 bits per heavy atom. The van der Waals surface area contributed by atoms with Crippen molar-refractivity contribution in [3.05, 3.63) is 70.7 Å². The van der Waals surface area contributed by atoms with E-state index in [1.807, 2.05) is 6.07 Å². The molecule has 3 saturated heterocycles. The van der Waals surface area contributed by atoms with Gasteiger partial charge in [-0.15, -0.1) is 0 Å². The number of hydrogen-bond acceptors (Lipinski definition) is 5. The Kier molecular flexibility index (Phi) is 7.27. The summed E-state index contributed by atoms with van der Waals surface area (Å²) in [6.45, 7) is 2.05. The predicted octanol–water partition coefficient (Wildman–Crippen LogP) is 3.11. The number of likely N-dealkylation sites (tertiary alicyclic amines) is 1. The van der Waals surface area contributed by atoms with E-state index in [0.29, 0.717) is 55.2 Å². The van der Waals surface area contributed by atoms with Crippen LogP contribution in [0.5, 0.6) is 0 Å². The second-order valence-electron chi connectivity index (χ2n) is 9.49. The lowest BCUT2D eigenvalue weighted by atomic mass is 9.96. The van der Waals surface area contributed by atoms with Gasteiger partial charge >= 0.3 is 0 Å². The van der Waals surface area contributed by atoms with Crippen molar-refractivity contribution in [3.8, 4) is 0 Å². The van der Waals surface area contributed by atoms with Crippen LogP contribution >= 0.6 is 11.6 Å². The maximum absolute atomic E-state index is 13.7. The summed E-state index contributed by atoms with van der Waals surface area (Å²) in [6.07, 6.45) is 2.74. The molecule has 36 heavy (non-hydrogen) atoms. The third-order valence-electron chi connectivity index (χ3n) is 7.25. The predicted molar refractivity (Wildman–Crippen MR) is 134 cm³/mol. The molecule has 2 atom stereocenters. The summed E-state index contributed by atoms with van der Waals surface area (Å²) in [5, 5.41) is 3.54. The van der Waals surface area contributed by atoms with Crippen LogP contribution in [0.25, 0.3) is 0 Å². The van der Waals surface area contributed by atoms with Crippen molar-refractivity contribution in [1.82, 2.24) is 15.1 Å². The average Bonchev–Trinajstić information content (AvgIpc) is 3.56. The highest BCUT2D eigenvalue weighted by Gasteiger charge is 2.54. The van der Waals surface area contributed by atoms with Crippen molar-refractivity contribution < 1.29 is 23.9 Å². The highest BCUT2D eigenvalue weighted by atomic mass is 35.5. The number of halogens is 1. The minimum Gasteiger partial charge on any atom is -0.376 e. The van der Waals surface area contributed by atoms with Crippen molar-refractivity contribution in [2.75, 3.05) is 32.8 Å². The van der Waals surface area contributed by atoms with Gasteiger partial charge in [-0.1, -0.05) is 29.8 Å². The molecule has 0 aromatic heterocycles. The molecule has 3 amide bonds. The summed E-state index contributed by atoms with van der Waals surface area (Å²) in [4.78, 5) is 43.3. The zero-order valence-electron chi connectivity index (χ0n) is 20.0. The number of carbonyl (C=O) groups excluding carboxylic acids is 3. The van der Waals surface area contributed by atoms with Gasteiger partial charge in [0.05, 0.1) is 12.7 Å². The molecular weight excluding hydrogens is 482 g/mol. The topological polar surface area (TPSA) is 88.2 Å². The number of carbonyl (C=O) groups is 3. The second kappa shape index (κ2) is 10.6. The quantitative estimate of drug-likeness (QED) is 0.666. The summed E-state index contributed by atoms with van der Waals surface area (Å²) in [5.74, 6) is -0.583. The lowest BCUT2D eigenvalue weighted by molar-refractivity contribution is -0.128. The van der Waals surface area contributed by atoms with E-state index in [0.717, 1.165) is 12.8 Å². The molecule has 2 aromatic carbocycles. The fourth-order valence-corrected chi connectivity index (χ4v) is 5.38. The Hall–Kier alpha value is -2.94. The number of nitrogens with zero attached hydrogens (tertiary/aromatic N) is 2. The van der Waals surface area contributed by atoms with Gasteiger partial charge in [-0.05, 0) is 49.2 Å². The van der Waals surface area contributed by atoms with Crippen LogP contribution in [0.4, 0.5) is 0 Å². The average molecular weight is 512 g/mol. The van der Waals surface area contributed by atoms with E-state index >= 15 is 0 Å². The van der Waals surface area contributed by atoms with E-state index < -0.39 is 11.8 Å². The maximum atomic E-state index is 13.7. The van der Waals surface area contributed by atoms with Crippen molar-refractivity contribution in [1.29, 1.82) is 0 Å². The summed E-state index contributed by atoms with van der Waals surface area (Å²) in [5.41, 5.74) is 0.112. The minimum atomic E-state index is -0.949. The molecule has 8 nitrogen and oxygen atoms in total. The third-order valence-corrected chi connectivity index (χ3v) is 7.51. The van der Waals surface area contributed by atoms with Gasteiger partial charge in [0.2, 0.25) is 5.91 Å². The van der Waals surface area contributed by atoms with Gasteiger partial charge in [-0.3, -0.25) is 19.3 Å². The van der Waals surface area contributed by atoms with E-state index in [1.165, 1.54) is 0 Å². The Morgan fingerprint density at radius 3 is 2.33 bits per heavy atom. The van der Waals surface area contributed by atoms with Gasteiger partial charge in [0.1, 0.15) is 11.8 Å². The SMILES string of the molecule is O=C(NC[C@@H]1CCCO1)[C@@H]1COC2(CCN(C(=O)c3ccc(Cl)cc3)CC2)N1C(=O)c1ccccc1. The van der Waals surface area contributed by atoms with E-state index in [1.54, 1.807) is 58.3 Å². The lowest BCUT2D eigenvalue weighted by Crippen LogP contribution is -2.60. The van der Waals surface area contributed by atoms with Gasteiger partial charge in [0.15, 0.2) is 0 Å². The van der Waals surface area contributed by atoms with E-state index in [9.17, 15) is 14.4 Å². The first kappa shape index (κ1) is 24.7. The van der Waals surface area contributed by atoms with Crippen LogP contribution < -0.4 is 5.32 Å². The number of piperidine rings is 1. The molecule has 3 aliphatic rings. The number of nitrogens with one attached hydrogen (secondary N) is 1. The fourth-order valence-electron chi connectivity index (χ4n) is 5.26. The molecule has 0 radical (unpaired) electrons. The van der Waals surface area contributed by atoms with Crippen LogP contribution in [-0.4, -0.2) is 78.2 Å². The Labute approximate surface area is 215 Å². The van der Waals surface area contributed by atoms with E-state index in [-0.39, 0.29) is 30.4 Å². The summed E-state index contributed by atoms with van der Waals surface area (Å²) in [7, 11) is 0. The molecule has 2 aromatic rings. The number of benzene rings is 2. The van der Waals surface area contributed by atoms with Crippen molar-refractivity contribution in [2.45, 2.75) is 43.6 Å². The molecule has 5 rings (SSSR count). The lowest BCUT2D eigenvalue weighted by Gasteiger charge is -2.44. The monoisotopic (exact) mass is 511 g/mol. The molecule has 0 aliphatic carbocycles. The van der Waals surface area contributed by atoms with E-state index in [2.05, 4.69) is 5.32 Å².